The van der Waals surface area contributed by atoms with Gasteiger partial charge in [0.15, 0.2) is 5.13 Å². The maximum absolute atomic E-state index is 6.20. The number of nitrogens with zero attached hydrogens (tertiary/aromatic N) is 2. The Kier molecular flexibility index (Phi) is 5.77. The van der Waals surface area contributed by atoms with E-state index in [9.17, 15) is 0 Å². The van der Waals surface area contributed by atoms with Crippen LogP contribution in [-0.4, -0.2) is 45.0 Å². The number of methoxy groups -OCH3 is 2. The van der Waals surface area contributed by atoms with Gasteiger partial charge in [-0.15, -0.1) is 0 Å². The second-order valence-electron chi connectivity index (χ2n) is 5.30. The number of hydrogen-bond acceptors (Lipinski definition) is 6. The number of ether oxygens (including phenoxy) is 2. The molecule has 0 aromatic carbocycles. The molecule has 0 amide bonds. The van der Waals surface area contributed by atoms with Gasteiger partial charge in [0, 0.05) is 31.7 Å². The summed E-state index contributed by atoms with van der Waals surface area (Å²) in [5.74, 6) is 0. The standard InChI is InChI=1S/C14H25N3O2S/c1-10(9-19-3)17(7-8-18-2)14-16-12-6-4-5-11(15)13(12)20-14/h10-11H,4-9,15H2,1-3H3. The molecule has 0 spiro atoms. The molecular formula is C14H25N3O2S. The number of rotatable bonds is 7. The molecular weight excluding hydrogens is 274 g/mol. The highest BCUT2D eigenvalue weighted by Gasteiger charge is 2.25. The van der Waals surface area contributed by atoms with Gasteiger partial charge in [-0.25, -0.2) is 4.98 Å². The van der Waals surface area contributed by atoms with E-state index in [-0.39, 0.29) is 12.1 Å². The minimum absolute atomic E-state index is 0.159. The Morgan fingerprint density at radius 1 is 1.45 bits per heavy atom. The number of nitrogens with two attached hydrogens (primary N) is 1. The summed E-state index contributed by atoms with van der Waals surface area (Å²) in [7, 11) is 3.45. The lowest BCUT2D eigenvalue weighted by Gasteiger charge is -2.28. The van der Waals surface area contributed by atoms with Crippen molar-refractivity contribution in [3.05, 3.63) is 10.6 Å². The summed E-state index contributed by atoms with van der Waals surface area (Å²) >= 11 is 1.73. The largest absolute Gasteiger partial charge is 0.383 e. The molecule has 0 saturated heterocycles. The fraction of sp³-hybridized carbons (Fsp3) is 0.786. The van der Waals surface area contributed by atoms with Gasteiger partial charge in [0.1, 0.15) is 0 Å². The van der Waals surface area contributed by atoms with Gasteiger partial charge >= 0.3 is 0 Å². The minimum Gasteiger partial charge on any atom is -0.383 e. The molecule has 1 aromatic rings. The highest BCUT2D eigenvalue weighted by Crippen LogP contribution is 2.36. The zero-order chi connectivity index (χ0) is 14.5. The first kappa shape index (κ1) is 15.7. The van der Waals surface area contributed by atoms with Crippen molar-refractivity contribution in [1.82, 2.24) is 4.98 Å². The normalized spacial score (nSPS) is 19.7. The van der Waals surface area contributed by atoms with E-state index in [0.29, 0.717) is 13.2 Å². The van der Waals surface area contributed by atoms with Gasteiger partial charge in [-0.1, -0.05) is 11.3 Å². The van der Waals surface area contributed by atoms with Crippen LogP contribution in [0.1, 0.15) is 36.4 Å². The van der Waals surface area contributed by atoms with E-state index in [1.807, 2.05) is 0 Å². The second-order valence-corrected chi connectivity index (χ2v) is 6.31. The fourth-order valence-corrected chi connectivity index (χ4v) is 3.86. The van der Waals surface area contributed by atoms with Crippen LogP contribution in [0.15, 0.2) is 0 Å². The highest BCUT2D eigenvalue weighted by atomic mass is 32.1. The van der Waals surface area contributed by atoms with Crippen molar-refractivity contribution in [2.24, 2.45) is 5.73 Å². The molecule has 114 valence electrons. The topological polar surface area (TPSA) is 60.6 Å². The van der Waals surface area contributed by atoms with E-state index in [1.165, 1.54) is 10.6 Å². The van der Waals surface area contributed by atoms with E-state index in [4.69, 9.17) is 20.2 Å². The van der Waals surface area contributed by atoms with Crippen molar-refractivity contribution < 1.29 is 9.47 Å². The fourth-order valence-electron chi connectivity index (χ4n) is 2.59. The zero-order valence-corrected chi connectivity index (χ0v) is 13.4. The van der Waals surface area contributed by atoms with Crippen molar-refractivity contribution in [3.8, 4) is 0 Å². The predicted octanol–water partition coefficient (Wildman–Crippen LogP) is 1.97. The van der Waals surface area contributed by atoms with Crippen LogP contribution in [0, 0.1) is 0 Å². The van der Waals surface area contributed by atoms with Gasteiger partial charge in [-0.05, 0) is 26.2 Å². The minimum atomic E-state index is 0.159. The maximum atomic E-state index is 6.20. The van der Waals surface area contributed by atoms with Crippen LogP contribution in [0.5, 0.6) is 0 Å². The lowest BCUT2D eigenvalue weighted by Crippen LogP contribution is -2.38. The number of fused-ring (bicyclic) bond motifs is 1. The molecule has 2 unspecified atom stereocenters. The molecule has 6 heteroatoms. The molecule has 1 aliphatic carbocycles. The molecule has 20 heavy (non-hydrogen) atoms. The summed E-state index contributed by atoms with van der Waals surface area (Å²) in [6.45, 7) is 4.34. The molecule has 0 fully saturated rings. The maximum Gasteiger partial charge on any atom is 0.186 e. The van der Waals surface area contributed by atoms with Crippen LogP contribution in [0.25, 0.3) is 0 Å². The summed E-state index contributed by atoms with van der Waals surface area (Å²) in [5.41, 5.74) is 7.39. The van der Waals surface area contributed by atoms with Crippen LogP contribution in [0.4, 0.5) is 5.13 Å². The first-order valence-corrected chi connectivity index (χ1v) is 7.98. The predicted molar refractivity (Wildman–Crippen MR) is 82.5 cm³/mol. The van der Waals surface area contributed by atoms with Gasteiger partial charge < -0.3 is 20.1 Å². The third-order valence-electron chi connectivity index (χ3n) is 3.70. The van der Waals surface area contributed by atoms with Gasteiger partial charge in [-0.2, -0.15) is 0 Å². The molecule has 5 nitrogen and oxygen atoms in total. The van der Waals surface area contributed by atoms with Crippen LogP contribution in [0.3, 0.4) is 0 Å². The Balaban J connectivity index is 2.19. The van der Waals surface area contributed by atoms with Gasteiger partial charge in [0.05, 0.1) is 24.9 Å². The first-order chi connectivity index (χ1) is 9.67. The summed E-state index contributed by atoms with van der Waals surface area (Å²) in [6.07, 6.45) is 3.26. The van der Waals surface area contributed by atoms with E-state index in [2.05, 4.69) is 11.8 Å². The monoisotopic (exact) mass is 299 g/mol. The van der Waals surface area contributed by atoms with Crippen molar-refractivity contribution in [2.75, 3.05) is 38.9 Å². The van der Waals surface area contributed by atoms with Crippen LogP contribution >= 0.6 is 11.3 Å². The van der Waals surface area contributed by atoms with E-state index in [1.54, 1.807) is 25.6 Å². The van der Waals surface area contributed by atoms with Gasteiger partial charge in [0.2, 0.25) is 0 Å². The Bertz CT molecular complexity index is 425. The van der Waals surface area contributed by atoms with E-state index >= 15 is 0 Å². The molecule has 0 radical (unpaired) electrons. The molecule has 2 N–H and O–H groups in total. The molecule has 0 aliphatic heterocycles. The second kappa shape index (κ2) is 7.36. The Labute approximate surface area is 125 Å². The third-order valence-corrected chi connectivity index (χ3v) is 4.97. The average molecular weight is 299 g/mol. The van der Waals surface area contributed by atoms with Gasteiger partial charge in [-0.3, -0.25) is 0 Å². The van der Waals surface area contributed by atoms with Crippen molar-refractivity contribution in [1.29, 1.82) is 0 Å². The number of thiazole rings is 1. The molecule has 2 rings (SSSR count). The molecule has 0 saturated carbocycles. The number of aromatic nitrogens is 1. The Morgan fingerprint density at radius 2 is 2.25 bits per heavy atom. The summed E-state index contributed by atoms with van der Waals surface area (Å²) in [5, 5.41) is 1.05. The van der Waals surface area contributed by atoms with Crippen molar-refractivity contribution in [3.63, 3.8) is 0 Å². The van der Waals surface area contributed by atoms with Crippen LogP contribution < -0.4 is 10.6 Å². The molecule has 1 heterocycles. The number of anilines is 1. The molecule has 2 atom stereocenters. The van der Waals surface area contributed by atoms with Crippen LogP contribution in [-0.2, 0) is 15.9 Å². The molecule has 1 aromatic heterocycles. The number of aryl methyl sites for hydroxylation is 1. The summed E-state index contributed by atoms with van der Waals surface area (Å²) in [4.78, 5) is 8.34. The lowest BCUT2D eigenvalue weighted by atomic mass is 9.99. The first-order valence-electron chi connectivity index (χ1n) is 7.17. The van der Waals surface area contributed by atoms with E-state index < -0.39 is 0 Å². The quantitative estimate of drug-likeness (QED) is 0.834. The summed E-state index contributed by atoms with van der Waals surface area (Å²) < 4.78 is 10.5. The van der Waals surface area contributed by atoms with Gasteiger partial charge in [0.25, 0.3) is 0 Å². The zero-order valence-electron chi connectivity index (χ0n) is 12.6. The average Bonchev–Trinajstić information content (AvgIpc) is 2.85. The highest BCUT2D eigenvalue weighted by molar-refractivity contribution is 7.15. The molecule has 0 bridgehead atoms. The molecule has 1 aliphatic rings. The summed E-state index contributed by atoms with van der Waals surface area (Å²) in [6, 6.07) is 0.436. The number of hydrogen-bond donors (Lipinski definition) is 1. The van der Waals surface area contributed by atoms with Crippen LogP contribution in [0.2, 0.25) is 0 Å². The van der Waals surface area contributed by atoms with Crippen molar-refractivity contribution in [2.45, 2.75) is 38.3 Å². The third kappa shape index (κ3) is 3.49. The Hall–Kier alpha value is -0.690. The SMILES string of the molecule is COCCN(c1nc2c(s1)C(N)CCC2)C(C)COC. The lowest BCUT2D eigenvalue weighted by molar-refractivity contribution is 0.171. The van der Waals surface area contributed by atoms with Crippen molar-refractivity contribution >= 4 is 16.5 Å². The van der Waals surface area contributed by atoms with E-state index in [0.717, 1.165) is 30.9 Å². The Morgan fingerprint density at radius 3 is 2.90 bits per heavy atom. The smallest absolute Gasteiger partial charge is 0.186 e.